The van der Waals surface area contributed by atoms with E-state index in [0.717, 1.165) is 36.8 Å². The van der Waals surface area contributed by atoms with Crippen molar-refractivity contribution in [3.8, 4) is 5.75 Å². The lowest BCUT2D eigenvalue weighted by Gasteiger charge is -2.34. The molecule has 2 heterocycles. The minimum absolute atomic E-state index is 0.130. The van der Waals surface area contributed by atoms with E-state index in [1.807, 2.05) is 49.0 Å². The fourth-order valence-corrected chi connectivity index (χ4v) is 4.58. The highest BCUT2D eigenvalue weighted by Crippen LogP contribution is 2.21. The number of carbonyl (C=O) groups is 1. The Labute approximate surface area is 149 Å². The molecule has 1 aromatic rings. The third kappa shape index (κ3) is 4.67. The van der Waals surface area contributed by atoms with E-state index in [-0.39, 0.29) is 5.91 Å². The maximum Gasteiger partial charge on any atom is 0.263 e. The number of rotatable bonds is 5. The molecule has 2 unspecified atom stereocenters. The van der Waals surface area contributed by atoms with Crippen molar-refractivity contribution in [1.29, 1.82) is 0 Å². The first kappa shape index (κ1) is 17.6. The van der Waals surface area contributed by atoms with Crippen molar-refractivity contribution in [3.05, 3.63) is 30.3 Å². The summed E-state index contributed by atoms with van der Waals surface area (Å²) in [7, 11) is 0. The van der Waals surface area contributed by atoms with Gasteiger partial charge in [0.2, 0.25) is 0 Å². The molecule has 1 aromatic carbocycles. The van der Waals surface area contributed by atoms with Crippen LogP contribution in [-0.2, 0) is 4.79 Å². The van der Waals surface area contributed by atoms with E-state index in [2.05, 4.69) is 9.80 Å². The normalized spacial score (nSPS) is 23.7. The summed E-state index contributed by atoms with van der Waals surface area (Å²) >= 11 is 1.98. The van der Waals surface area contributed by atoms with Crippen LogP contribution >= 0.6 is 11.8 Å². The third-order valence-corrected chi connectivity index (χ3v) is 5.99. The van der Waals surface area contributed by atoms with Gasteiger partial charge in [0, 0.05) is 18.8 Å². The Morgan fingerprint density at radius 2 is 1.96 bits per heavy atom. The number of hydrogen-bond acceptors (Lipinski definition) is 4. The number of thioether (sulfide) groups is 1. The summed E-state index contributed by atoms with van der Waals surface area (Å²) in [5.74, 6) is 3.08. The molecule has 0 aliphatic carbocycles. The maximum absolute atomic E-state index is 13.0. The number of benzene rings is 1. The Bertz CT molecular complexity index is 519. The molecule has 2 aliphatic rings. The number of nitrogens with zero attached hydrogens (tertiary/aromatic N) is 2. The Kier molecular flexibility index (Phi) is 6.44. The second-order valence-electron chi connectivity index (χ2n) is 6.69. The number of para-hydroxylation sites is 1. The van der Waals surface area contributed by atoms with Gasteiger partial charge in [0.15, 0.2) is 6.10 Å². The van der Waals surface area contributed by atoms with E-state index in [0.29, 0.717) is 6.04 Å². The average Bonchev–Trinajstić information content (AvgIpc) is 3.00. The van der Waals surface area contributed by atoms with Gasteiger partial charge < -0.3 is 14.5 Å². The van der Waals surface area contributed by atoms with Crippen molar-refractivity contribution in [2.75, 3.05) is 37.7 Å². The molecule has 2 aliphatic heterocycles. The fraction of sp³-hybridized carbons (Fsp3) is 0.632. The van der Waals surface area contributed by atoms with E-state index in [4.69, 9.17) is 4.74 Å². The Balaban J connectivity index is 1.64. The molecule has 0 aromatic heterocycles. The number of carbonyl (C=O) groups excluding carboxylic acids is 1. The summed E-state index contributed by atoms with van der Waals surface area (Å²) < 4.78 is 5.88. The molecule has 4 nitrogen and oxygen atoms in total. The first-order valence-electron chi connectivity index (χ1n) is 9.06. The van der Waals surface area contributed by atoms with Crippen LogP contribution < -0.4 is 4.74 Å². The van der Waals surface area contributed by atoms with Crippen molar-refractivity contribution >= 4 is 17.7 Å². The largest absolute Gasteiger partial charge is 0.481 e. The highest BCUT2D eigenvalue weighted by Gasteiger charge is 2.31. The molecular formula is C19H28N2O2S. The highest BCUT2D eigenvalue weighted by atomic mass is 32.2. The van der Waals surface area contributed by atoms with Crippen LogP contribution in [0.1, 0.15) is 26.2 Å². The Hall–Kier alpha value is -1.20. The van der Waals surface area contributed by atoms with Crippen LogP contribution in [0.25, 0.3) is 0 Å². The van der Waals surface area contributed by atoms with Gasteiger partial charge >= 0.3 is 0 Å². The first-order valence-corrected chi connectivity index (χ1v) is 10.2. The molecule has 2 fully saturated rings. The van der Waals surface area contributed by atoms with Gasteiger partial charge in [0.1, 0.15) is 5.75 Å². The molecule has 3 rings (SSSR count). The highest BCUT2D eigenvalue weighted by molar-refractivity contribution is 7.99. The molecule has 1 amide bonds. The van der Waals surface area contributed by atoms with Crippen LogP contribution in [0.4, 0.5) is 0 Å². The third-order valence-electron chi connectivity index (χ3n) is 4.79. The summed E-state index contributed by atoms with van der Waals surface area (Å²) in [6, 6.07) is 9.95. The molecule has 0 bridgehead atoms. The lowest BCUT2D eigenvalue weighted by atomic mass is 10.2. The maximum atomic E-state index is 13.0. The van der Waals surface area contributed by atoms with Crippen molar-refractivity contribution in [2.45, 2.75) is 38.3 Å². The van der Waals surface area contributed by atoms with Crippen molar-refractivity contribution in [3.63, 3.8) is 0 Å². The van der Waals surface area contributed by atoms with Crippen molar-refractivity contribution in [2.24, 2.45) is 0 Å². The molecule has 0 radical (unpaired) electrons. The van der Waals surface area contributed by atoms with E-state index in [1.165, 1.54) is 25.9 Å². The van der Waals surface area contributed by atoms with Gasteiger partial charge in [-0.25, -0.2) is 0 Å². The molecule has 24 heavy (non-hydrogen) atoms. The SMILES string of the molecule is CC(Oc1ccccc1)C(=O)N1CCCSCC1CN1CCCC1. The van der Waals surface area contributed by atoms with E-state index in [9.17, 15) is 4.79 Å². The lowest BCUT2D eigenvalue weighted by Crippen LogP contribution is -2.51. The van der Waals surface area contributed by atoms with E-state index >= 15 is 0 Å². The fourth-order valence-electron chi connectivity index (χ4n) is 3.52. The van der Waals surface area contributed by atoms with Crippen LogP contribution in [0.5, 0.6) is 5.75 Å². The standard InChI is InChI=1S/C19H28N2O2S/c1-16(23-18-8-3-2-4-9-18)19(22)21-12-7-13-24-15-17(21)14-20-10-5-6-11-20/h2-4,8-9,16-17H,5-7,10-15H2,1H3. The number of hydrogen-bond donors (Lipinski definition) is 0. The first-order chi connectivity index (χ1) is 11.7. The predicted molar refractivity (Wildman–Crippen MR) is 99.6 cm³/mol. The molecule has 132 valence electrons. The van der Waals surface area contributed by atoms with Gasteiger partial charge in [-0.2, -0.15) is 11.8 Å². The molecule has 0 spiro atoms. The van der Waals surface area contributed by atoms with E-state index < -0.39 is 6.10 Å². The Morgan fingerprint density at radius 3 is 2.71 bits per heavy atom. The van der Waals surface area contributed by atoms with Gasteiger partial charge in [-0.15, -0.1) is 0 Å². The molecule has 0 saturated carbocycles. The zero-order valence-electron chi connectivity index (χ0n) is 14.5. The monoisotopic (exact) mass is 348 g/mol. The van der Waals surface area contributed by atoms with Gasteiger partial charge in [-0.3, -0.25) is 4.79 Å². The van der Waals surface area contributed by atoms with Gasteiger partial charge in [-0.05, 0) is 57.2 Å². The van der Waals surface area contributed by atoms with Gasteiger partial charge in [-0.1, -0.05) is 18.2 Å². The summed E-state index contributed by atoms with van der Waals surface area (Å²) in [5.41, 5.74) is 0. The zero-order valence-corrected chi connectivity index (χ0v) is 15.3. The molecule has 2 saturated heterocycles. The lowest BCUT2D eigenvalue weighted by molar-refractivity contribution is -0.140. The van der Waals surface area contributed by atoms with Crippen molar-refractivity contribution < 1.29 is 9.53 Å². The Morgan fingerprint density at radius 1 is 1.21 bits per heavy atom. The van der Waals surface area contributed by atoms with Gasteiger partial charge in [0.05, 0.1) is 6.04 Å². The molecule has 2 atom stereocenters. The van der Waals surface area contributed by atoms with Crippen LogP contribution in [0.15, 0.2) is 30.3 Å². The summed E-state index contributed by atoms with van der Waals surface area (Å²) in [6.07, 6.45) is 3.23. The summed E-state index contributed by atoms with van der Waals surface area (Å²) in [4.78, 5) is 17.6. The zero-order chi connectivity index (χ0) is 16.8. The second-order valence-corrected chi connectivity index (χ2v) is 7.84. The second kappa shape index (κ2) is 8.77. The number of likely N-dealkylation sites (tertiary alicyclic amines) is 1. The van der Waals surface area contributed by atoms with Crippen molar-refractivity contribution in [1.82, 2.24) is 9.80 Å². The smallest absolute Gasteiger partial charge is 0.263 e. The van der Waals surface area contributed by atoms with Gasteiger partial charge in [0.25, 0.3) is 5.91 Å². The minimum Gasteiger partial charge on any atom is -0.481 e. The predicted octanol–water partition coefficient (Wildman–Crippen LogP) is 2.88. The molecule has 5 heteroatoms. The average molecular weight is 349 g/mol. The summed E-state index contributed by atoms with van der Waals surface area (Å²) in [5, 5.41) is 0. The van der Waals surface area contributed by atoms with Crippen LogP contribution in [0.2, 0.25) is 0 Å². The van der Waals surface area contributed by atoms with Crippen LogP contribution in [0.3, 0.4) is 0 Å². The van der Waals surface area contributed by atoms with E-state index in [1.54, 1.807) is 0 Å². The number of amides is 1. The van der Waals surface area contributed by atoms with Crippen LogP contribution in [-0.4, -0.2) is 65.5 Å². The quantitative estimate of drug-likeness (QED) is 0.819. The molecular weight excluding hydrogens is 320 g/mol. The molecule has 0 N–H and O–H groups in total. The number of ether oxygens (including phenoxy) is 1. The summed E-state index contributed by atoms with van der Waals surface area (Å²) in [6.45, 7) is 6.10. The topological polar surface area (TPSA) is 32.8 Å². The van der Waals surface area contributed by atoms with Crippen LogP contribution in [0, 0.1) is 0 Å². The minimum atomic E-state index is -0.434.